The summed E-state index contributed by atoms with van der Waals surface area (Å²) in [5.41, 5.74) is 0.884. The zero-order valence-corrected chi connectivity index (χ0v) is 21.9. The number of benzene rings is 2. The molecule has 12 heteroatoms. The third-order valence-electron chi connectivity index (χ3n) is 6.88. The first-order valence-electron chi connectivity index (χ1n) is 12.3. The van der Waals surface area contributed by atoms with Crippen LogP contribution in [-0.2, 0) is 15.7 Å². The number of carbonyl (C=O) groups is 1. The van der Waals surface area contributed by atoms with Gasteiger partial charge in [-0.15, -0.1) is 10.2 Å². The molecule has 1 aliphatic carbocycles. The van der Waals surface area contributed by atoms with E-state index in [0.29, 0.717) is 16.9 Å². The number of hydrogen-bond donors (Lipinski definition) is 1. The highest BCUT2D eigenvalue weighted by Crippen LogP contribution is 2.46. The standard InChI is InChI=1S/C26H25Cl2F3N4O3/c1-37-19-9-5-8-16(22(19)28)23-17-12-14(27)10-11-18(17)35-24(33-34-25(35)26(29,30)31)20(38-23)13-21(36)32-15-6-3-2-4-7-15/h5,8-12,15,20,23H,2-4,6-7,13H2,1H3,(H,32,36)/t20-,23-/m0/s1. The quantitative estimate of drug-likeness (QED) is 0.375. The van der Waals surface area contributed by atoms with Gasteiger partial charge in [0.2, 0.25) is 11.7 Å². The molecular formula is C26H25Cl2F3N4O3. The van der Waals surface area contributed by atoms with E-state index in [4.69, 9.17) is 32.7 Å². The molecule has 1 saturated carbocycles. The average molecular weight is 569 g/mol. The van der Waals surface area contributed by atoms with E-state index in [1.54, 1.807) is 18.2 Å². The average Bonchev–Trinajstić information content (AvgIpc) is 3.29. The van der Waals surface area contributed by atoms with Crippen molar-refractivity contribution in [3.63, 3.8) is 0 Å². The Labute approximate surface area is 227 Å². The van der Waals surface area contributed by atoms with Crippen LogP contribution >= 0.6 is 23.2 Å². The van der Waals surface area contributed by atoms with Crippen molar-refractivity contribution in [1.82, 2.24) is 20.1 Å². The molecule has 0 bridgehead atoms. The fourth-order valence-electron chi connectivity index (χ4n) is 5.13. The minimum absolute atomic E-state index is 0.0188. The van der Waals surface area contributed by atoms with E-state index in [1.165, 1.54) is 25.3 Å². The lowest BCUT2D eigenvalue weighted by molar-refractivity contribution is -0.146. The molecule has 7 nitrogen and oxygen atoms in total. The van der Waals surface area contributed by atoms with Crippen molar-refractivity contribution < 1.29 is 27.4 Å². The highest BCUT2D eigenvalue weighted by molar-refractivity contribution is 6.33. The van der Waals surface area contributed by atoms with Crippen LogP contribution in [0.2, 0.25) is 10.0 Å². The van der Waals surface area contributed by atoms with E-state index in [0.717, 1.165) is 36.7 Å². The topological polar surface area (TPSA) is 78.3 Å². The molecule has 5 rings (SSSR count). The number of methoxy groups -OCH3 is 1. The molecule has 2 aliphatic rings. The lowest BCUT2D eigenvalue weighted by Crippen LogP contribution is -2.37. The summed E-state index contributed by atoms with van der Waals surface area (Å²) in [6.45, 7) is 0. The fraction of sp³-hybridized carbons (Fsp3) is 0.423. The molecule has 0 saturated heterocycles. The number of rotatable bonds is 5. The maximum Gasteiger partial charge on any atom is 0.452 e. The molecule has 2 aromatic carbocycles. The van der Waals surface area contributed by atoms with E-state index in [9.17, 15) is 18.0 Å². The minimum atomic E-state index is -4.81. The Morgan fingerprint density at radius 2 is 1.89 bits per heavy atom. The van der Waals surface area contributed by atoms with Crippen molar-refractivity contribution >= 4 is 29.1 Å². The van der Waals surface area contributed by atoms with Crippen molar-refractivity contribution in [2.75, 3.05) is 7.11 Å². The number of nitrogens with zero attached hydrogens (tertiary/aromatic N) is 3. The summed E-state index contributed by atoms with van der Waals surface area (Å²) in [4.78, 5) is 13.1. The first-order valence-corrected chi connectivity index (χ1v) is 13.0. The van der Waals surface area contributed by atoms with Gasteiger partial charge in [-0.25, -0.2) is 0 Å². The maximum atomic E-state index is 14.1. The highest BCUT2D eigenvalue weighted by Gasteiger charge is 2.43. The van der Waals surface area contributed by atoms with Crippen LogP contribution in [0.3, 0.4) is 0 Å². The molecule has 38 heavy (non-hydrogen) atoms. The molecule has 202 valence electrons. The number of halogens is 5. The Morgan fingerprint density at radius 3 is 2.61 bits per heavy atom. The SMILES string of the molecule is COc1cccc([C@@H]2O[C@@H](CC(=O)NC3CCCCC3)c3nnc(C(F)(F)F)n3-c3ccc(Cl)cc32)c1Cl. The molecule has 1 aromatic heterocycles. The summed E-state index contributed by atoms with van der Waals surface area (Å²) in [6.07, 6.45) is -2.36. The molecule has 1 fully saturated rings. The number of hydrogen-bond acceptors (Lipinski definition) is 5. The van der Waals surface area contributed by atoms with Gasteiger partial charge in [0, 0.05) is 22.2 Å². The van der Waals surface area contributed by atoms with Gasteiger partial charge >= 0.3 is 6.18 Å². The maximum absolute atomic E-state index is 14.1. The van der Waals surface area contributed by atoms with E-state index >= 15 is 0 Å². The Balaban J connectivity index is 1.63. The van der Waals surface area contributed by atoms with Crippen LogP contribution in [0.5, 0.6) is 5.75 Å². The lowest BCUT2D eigenvalue weighted by atomic mass is 9.95. The van der Waals surface area contributed by atoms with Crippen LogP contribution < -0.4 is 10.1 Å². The predicted octanol–water partition coefficient (Wildman–Crippen LogP) is 6.60. The summed E-state index contributed by atoms with van der Waals surface area (Å²) in [5.74, 6) is -1.34. The van der Waals surface area contributed by atoms with Gasteiger partial charge in [-0.05, 0) is 37.1 Å². The summed E-state index contributed by atoms with van der Waals surface area (Å²) in [5, 5.41) is 10.8. The summed E-state index contributed by atoms with van der Waals surface area (Å²) in [7, 11) is 1.46. The van der Waals surface area contributed by atoms with Gasteiger partial charge in [0.05, 0.1) is 24.2 Å². The predicted molar refractivity (Wildman–Crippen MR) is 135 cm³/mol. The normalized spacial score (nSPS) is 19.8. The van der Waals surface area contributed by atoms with Gasteiger partial charge < -0.3 is 14.8 Å². The van der Waals surface area contributed by atoms with Gasteiger partial charge in [-0.1, -0.05) is 54.6 Å². The number of alkyl halides is 3. The third-order valence-corrected chi connectivity index (χ3v) is 7.52. The number of aromatic nitrogens is 3. The Morgan fingerprint density at radius 1 is 1.13 bits per heavy atom. The molecule has 1 amide bonds. The summed E-state index contributed by atoms with van der Waals surface area (Å²) < 4.78 is 54.9. The van der Waals surface area contributed by atoms with Gasteiger partial charge in [-0.3, -0.25) is 9.36 Å². The molecule has 2 atom stereocenters. The molecular weight excluding hydrogens is 544 g/mol. The second-order valence-corrected chi connectivity index (χ2v) is 10.2. The lowest BCUT2D eigenvalue weighted by Gasteiger charge is -2.26. The van der Waals surface area contributed by atoms with Gasteiger partial charge in [-0.2, -0.15) is 13.2 Å². The monoisotopic (exact) mass is 568 g/mol. The summed E-state index contributed by atoms with van der Waals surface area (Å²) in [6, 6.07) is 9.52. The fourth-order valence-corrected chi connectivity index (χ4v) is 5.62. The van der Waals surface area contributed by atoms with Crippen LogP contribution in [0.15, 0.2) is 36.4 Å². The zero-order valence-electron chi connectivity index (χ0n) is 20.4. The van der Waals surface area contributed by atoms with E-state index < -0.39 is 24.2 Å². The second-order valence-electron chi connectivity index (χ2n) is 9.39. The first-order chi connectivity index (χ1) is 18.2. The number of fused-ring (bicyclic) bond motifs is 3. The van der Waals surface area contributed by atoms with E-state index in [1.807, 2.05) is 0 Å². The van der Waals surface area contributed by atoms with Crippen LogP contribution in [-0.4, -0.2) is 33.8 Å². The van der Waals surface area contributed by atoms with Gasteiger partial charge in [0.1, 0.15) is 18.0 Å². The van der Waals surface area contributed by atoms with Crippen LogP contribution in [0.1, 0.15) is 73.5 Å². The minimum Gasteiger partial charge on any atom is -0.495 e. The van der Waals surface area contributed by atoms with Crippen molar-refractivity contribution in [2.45, 2.75) is 63.0 Å². The molecule has 0 spiro atoms. The summed E-state index contributed by atoms with van der Waals surface area (Å²) >= 11 is 12.9. The van der Waals surface area contributed by atoms with E-state index in [-0.39, 0.29) is 39.9 Å². The first kappa shape index (κ1) is 26.8. The number of nitrogens with one attached hydrogen (secondary N) is 1. The van der Waals surface area contributed by atoms with Crippen LogP contribution in [0.25, 0.3) is 5.69 Å². The number of amides is 1. The van der Waals surface area contributed by atoms with Crippen molar-refractivity contribution in [3.05, 3.63) is 69.2 Å². The zero-order chi connectivity index (χ0) is 27.0. The number of ether oxygens (including phenoxy) is 2. The Hall–Kier alpha value is -2.82. The molecule has 1 N–H and O–H groups in total. The second kappa shape index (κ2) is 10.7. The van der Waals surface area contributed by atoms with Crippen molar-refractivity contribution in [2.24, 2.45) is 0 Å². The Kier molecular flexibility index (Phi) is 7.57. The smallest absolute Gasteiger partial charge is 0.452 e. The largest absolute Gasteiger partial charge is 0.495 e. The van der Waals surface area contributed by atoms with Crippen LogP contribution in [0, 0.1) is 0 Å². The van der Waals surface area contributed by atoms with Crippen LogP contribution in [0.4, 0.5) is 13.2 Å². The molecule has 0 radical (unpaired) electrons. The van der Waals surface area contributed by atoms with Gasteiger partial charge in [0.15, 0.2) is 5.82 Å². The molecule has 0 unspecified atom stereocenters. The van der Waals surface area contributed by atoms with Crippen molar-refractivity contribution in [3.8, 4) is 11.4 Å². The van der Waals surface area contributed by atoms with Gasteiger partial charge in [0.25, 0.3) is 0 Å². The van der Waals surface area contributed by atoms with E-state index in [2.05, 4.69) is 15.5 Å². The molecule has 2 heterocycles. The molecule has 3 aromatic rings. The third kappa shape index (κ3) is 5.21. The number of carbonyl (C=O) groups excluding carboxylic acids is 1. The molecule has 1 aliphatic heterocycles. The Bertz CT molecular complexity index is 1340. The highest BCUT2D eigenvalue weighted by atomic mass is 35.5. The van der Waals surface area contributed by atoms with Crippen molar-refractivity contribution in [1.29, 1.82) is 0 Å².